The molecule has 0 aliphatic carbocycles. The van der Waals surface area contributed by atoms with Crippen LogP contribution in [0.5, 0.6) is 17.2 Å². The number of pyridine rings is 1. The Balaban J connectivity index is 1.39. The molecule has 10 heteroatoms. The molecule has 0 fully saturated rings. The number of aromatic nitrogens is 1. The minimum absolute atomic E-state index is 0.00200. The molecule has 0 saturated carbocycles. The summed E-state index contributed by atoms with van der Waals surface area (Å²) in [5.74, 6) is 0.00445. The van der Waals surface area contributed by atoms with Gasteiger partial charge in [0.25, 0.3) is 5.56 Å². The van der Waals surface area contributed by atoms with E-state index in [1.807, 2.05) is 62.4 Å². The molecule has 5 aromatic rings. The molecule has 0 bridgehead atoms. The highest BCUT2D eigenvalue weighted by Gasteiger charge is 2.36. The van der Waals surface area contributed by atoms with E-state index in [1.165, 1.54) is 22.8 Å². The van der Waals surface area contributed by atoms with Crippen LogP contribution in [0.15, 0.2) is 108 Å². The molecule has 238 valence electrons. The van der Waals surface area contributed by atoms with Crippen LogP contribution in [0.4, 0.5) is 13.2 Å². The Morgan fingerprint density at radius 1 is 0.894 bits per heavy atom. The van der Waals surface area contributed by atoms with Gasteiger partial charge in [0.1, 0.15) is 28.9 Å². The van der Waals surface area contributed by atoms with E-state index in [1.54, 1.807) is 36.4 Å². The molecule has 1 N–H and O–H groups in total. The monoisotopic (exact) mass is 638 g/mol. The van der Waals surface area contributed by atoms with E-state index in [-0.39, 0.29) is 18.7 Å². The predicted molar refractivity (Wildman–Crippen MR) is 170 cm³/mol. The number of carboxylic acid groups (broad SMARTS) is 1. The average molecular weight is 639 g/mol. The zero-order chi connectivity index (χ0) is 33.7. The van der Waals surface area contributed by atoms with Gasteiger partial charge in [0.05, 0.1) is 17.8 Å². The number of carboxylic acids is 1. The van der Waals surface area contributed by atoms with Gasteiger partial charge in [-0.15, -0.1) is 0 Å². The fraction of sp³-hybridized carbons (Fsp3) is 0.162. The molecule has 47 heavy (non-hydrogen) atoms. The predicted octanol–water partition coefficient (Wildman–Crippen LogP) is 7.94. The summed E-state index contributed by atoms with van der Waals surface area (Å²) in [6, 6.07) is 29.5. The van der Waals surface area contributed by atoms with Crippen LogP contribution < -0.4 is 15.0 Å². The summed E-state index contributed by atoms with van der Waals surface area (Å²) < 4.78 is 54.7. The number of hydrogen-bond acceptors (Lipinski definition) is 5. The summed E-state index contributed by atoms with van der Waals surface area (Å²) in [7, 11) is 0. The number of nitriles is 1. The molecule has 5 rings (SSSR count). The van der Waals surface area contributed by atoms with Gasteiger partial charge in [0, 0.05) is 6.42 Å². The van der Waals surface area contributed by atoms with E-state index in [2.05, 4.69) is 0 Å². The lowest BCUT2D eigenvalue weighted by atomic mass is 10.0. The van der Waals surface area contributed by atoms with Crippen LogP contribution in [0.25, 0.3) is 11.3 Å². The Bertz CT molecular complexity index is 2000. The maximum atomic E-state index is 14.0. The molecular weight excluding hydrogens is 609 g/mol. The summed E-state index contributed by atoms with van der Waals surface area (Å²) in [4.78, 5) is 25.1. The van der Waals surface area contributed by atoms with Crippen molar-refractivity contribution in [2.24, 2.45) is 0 Å². The Hall–Kier alpha value is -5.82. The molecular formula is C37H29F3N2O5. The third-order valence-corrected chi connectivity index (χ3v) is 7.57. The molecule has 0 amide bonds. The van der Waals surface area contributed by atoms with E-state index in [9.17, 15) is 33.1 Å². The van der Waals surface area contributed by atoms with Crippen LogP contribution >= 0.6 is 0 Å². The van der Waals surface area contributed by atoms with Crippen molar-refractivity contribution in [2.45, 2.75) is 39.1 Å². The zero-order valence-electron chi connectivity index (χ0n) is 25.4. The quantitative estimate of drug-likeness (QED) is 0.167. The minimum atomic E-state index is -4.91. The zero-order valence-corrected chi connectivity index (χ0v) is 25.4. The summed E-state index contributed by atoms with van der Waals surface area (Å²) in [6.07, 6.45) is -5.82. The standard InChI is InChI=1S/C37H29F3N2O5/c1-23-8-9-27(24(2)18-23)22-42-33(20-32(37(38,39)40)31(21-41)35(42)43)26-10-12-28(13-11-26)46-29-14-16-30(17-15-29)47-34(36(44)45)19-25-6-4-3-5-7-25/h3-18,20,34H,19,22H2,1-2H3,(H,44,45). The number of nitrogens with zero attached hydrogens (tertiary/aromatic N) is 2. The largest absolute Gasteiger partial charge is 0.478 e. The van der Waals surface area contributed by atoms with Crippen LogP contribution in [0.1, 0.15) is 33.4 Å². The van der Waals surface area contributed by atoms with Crippen LogP contribution in [0.2, 0.25) is 0 Å². The summed E-state index contributed by atoms with van der Waals surface area (Å²) in [5.41, 5.74) is 0.417. The summed E-state index contributed by atoms with van der Waals surface area (Å²) in [5, 5.41) is 19.1. The molecule has 1 heterocycles. The number of carbonyl (C=O) groups is 1. The van der Waals surface area contributed by atoms with Crippen molar-refractivity contribution in [1.29, 1.82) is 5.26 Å². The van der Waals surface area contributed by atoms with Crippen molar-refractivity contribution < 1.29 is 32.5 Å². The third kappa shape index (κ3) is 7.71. The van der Waals surface area contributed by atoms with Gasteiger partial charge in [0.2, 0.25) is 0 Å². The van der Waals surface area contributed by atoms with E-state index in [4.69, 9.17) is 9.47 Å². The van der Waals surface area contributed by atoms with E-state index in [0.29, 0.717) is 22.8 Å². The van der Waals surface area contributed by atoms with Crippen molar-refractivity contribution in [3.63, 3.8) is 0 Å². The molecule has 0 aliphatic heterocycles. The average Bonchev–Trinajstić information content (AvgIpc) is 3.04. The lowest BCUT2D eigenvalue weighted by molar-refractivity contribution is -0.145. The molecule has 0 aliphatic rings. The van der Waals surface area contributed by atoms with Crippen molar-refractivity contribution in [1.82, 2.24) is 4.57 Å². The molecule has 0 spiro atoms. The number of aliphatic carboxylic acids is 1. The first-order valence-electron chi connectivity index (χ1n) is 14.6. The Labute approximate surface area is 268 Å². The van der Waals surface area contributed by atoms with E-state index >= 15 is 0 Å². The molecule has 0 radical (unpaired) electrons. The van der Waals surface area contributed by atoms with Gasteiger partial charge in [-0.05, 0) is 90.7 Å². The van der Waals surface area contributed by atoms with Crippen molar-refractivity contribution in [3.05, 3.63) is 147 Å². The number of benzene rings is 4. The first-order chi connectivity index (χ1) is 22.4. The summed E-state index contributed by atoms with van der Waals surface area (Å²) >= 11 is 0. The van der Waals surface area contributed by atoms with Gasteiger partial charge in [-0.25, -0.2) is 4.79 Å². The highest BCUT2D eigenvalue weighted by molar-refractivity contribution is 5.73. The number of rotatable bonds is 10. The Morgan fingerprint density at radius 2 is 1.51 bits per heavy atom. The van der Waals surface area contributed by atoms with Gasteiger partial charge < -0.3 is 19.1 Å². The summed E-state index contributed by atoms with van der Waals surface area (Å²) in [6.45, 7) is 3.73. The fourth-order valence-corrected chi connectivity index (χ4v) is 5.16. The van der Waals surface area contributed by atoms with Crippen LogP contribution in [-0.2, 0) is 23.9 Å². The highest BCUT2D eigenvalue weighted by Crippen LogP contribution is 2.35. The Morgan fingerprint density at radius 3 is 2.09 bits per heavy atom. The third-order valence-electron chi connectivity index (χ3n) is 7.57. The number of alkyl halides is 3. The van der Waals surface area contributed by atoms with Crippen LogP contribution in [0, 0.1) is 25.2 Å². The van der Waals surface area contributed by atoms with Gasteiger partial charge in [0.15, 0.2) is 6.10 Å². The molecule has 1 aromatic heterocycles. The lowest BCUT2D eigenvalue weighted by Gasteiger charge is -2.19. The normalized spacial score (nSPS) is 11.8. The number of halogens is 3. The number of ether oxygens (including phenoxy) is 2. The first-order valence-corrected chi connectivity index (χ1v) is 14.6. The molecule has 7 nitrogen and oxygen atoms in total. The number of hydrogen-bond donors (Lipinski definition) is 1. The molecule has 1 unspecified atom stereocenters. The van der Waals surface area contributed by atoms with Crippen molar-refractivity contribution >= 4 is 5.97 Å². The minimum Gasteiger partial charge on any atom is -0.478 e. The van der Waals surface area contributed by atoms with Crippen LogP contribution in [0.3, 0.4) is 0 Å². The second-order valence-electron chi connectivity index (χ2n) is 11.0. The lowest BCUT2D eigenvalue weighted by Crippen LogP contribution is -2.29. The highest BCUT2D eigenvalue weighted by atomic mass is 19.4. The van der Waals surface area contributed by atoms with Crippen LogP contribution in [-0.4, -0.2) is 21.7 Å². The fourth-order valence-electron chi connectivity index (χ4n) is 5.16. The maximum absolute atomic E-state index is 14.0. The second-order valence-corrected chi connectivity index (χ2v) is 11.0. The van der Waals surface area contributed by atoms with Gasteiger partial charge in [-0.2, -0.15) is 18.4 Å². The second kappa shape index (κ2) is 13.7. The first kappa shape index (κ1) is 32.6. The van der Waals surface area contributed by atoms with Crippen molar-refractivity contribution in [2.75, 3.05) is 0 Å². The van der Waals surface area contributed by atoms with Gasteiger partial charge in [-0.1, -0.05) is 54.1 Å². The Kier molecular flexibility index (Phi) is 9.47. The van der Waals surface area contributed by atoms with E-state index in [0.717, 1.165) is 28.3 Å². The molecule has 1 atom stereocenters. The topological polar surface area (TPSA) is 102 Å². The SMILES string of the molecule is Cc1ccc(Cn2c(-c3ccc(Oc4ccc(OC(Cc5ccccc5)C(=O)O)cc4)cc3)cc(C(F)(F)F)c(C#N)c2=O)c(C)c1. The van der Waals surface area contributed by atoms with Crippen molar-refractivity contribution in [3.8, 4) is 34.6 Å². The number of aryl methyl sites for hydroxylation is 2. The van der Waals surface area contributed by atoms with Gasteiger partial charge >= 0.3 is 12.1 Å². The molecule has 0 saturated heterocycles. The van der Waals surface area contributed by atoms with Gasteiger partial charge in [-0.3, -0.25) is 4.79 Å². The van der Waals surface area contributed by atoms with E-state index < -0.39 is 34.9 Å². The molecule has 4 aromatic carbocycles. The smallest absolute Gasteiger partial charge is 0.417 e. The maximum Gasteiger partial charge on any atom is 0.417 e.